The summed E-state index contributed by atoms with van der Waals surface area (Å²) >= 11 is 3.47. The summed E-state index contributed by atoms with van der Waals surface area (Å²) in [7, 11) is 0. The van der Waals surface area contributed by atoms with E-state index in [0.29, 0.717) is 5.95 Å². The molecule has 0 fully saturated rings. The van der Waals surface area contributed by atoms with E-state index in [0.717, 1.165) is 21.4 Å². The molecule has 0 aliphatic carbocycles. The molecule has 17 heavy (non-hydrogen) atoms. The molecule has 2 rings (SSSR count). The van der Waals surface area contributed by atoms with E-state index in [4.69, 9.17) is 10.5 Å². The Morgan fingerprint density at radius 3 is 2.35 bits per heavy atom. The van der Waals surface area contributed by atoms with Crippen molar-refractivity contribution in [3.05, 3.63) is 40.5 Å². The lowest BCUT2D eigenvalue weighted by atomic mass is 10.1. The molecule has 0 amide bonds. The maximum absolute atomic E-state index is 8.00. The molecular formula is C12H12BrN3O. The van der Waals surface area contributed by atoms with Gasteiger partial charge in [0.15, 0.2) is 0 Å². The molecule has 0 atom stereocenters. The Bertz CT molecular complexity index is 503. The van der Waals surface area contributed by atoms with Crippen LogP contribution < -0.4 is 5.73 Å². The molecule has 0 spiro atoms. The van der Waals surface area contributed by atoms with Crippen molar-refractivity contribution in [2.75, 3.05) is 5.73 Å². The van der Waals surface area contributed by atoms with Crippen LogP contribution in [0.2, 0.25) is 0 Å². The summed E-state index contributed by atoms with van der Waals surface area (Å²) < 4.78 is 0.892. The van der Waals surface area contributed by atoms with Crippen LogP contribution in [0.25, 0.3) is 11.3 Å². The fraction of sp³-hybridized carbons (Fsp3) is 0.0833. The van der Waals surface area contributed by atoms with E-state index >= 15 is 0 Å². The third-order valence-electron chi connectivity index (χ3n) is 2.08. The Morgan fingerprint density at radius 2 is 1.76 bits per heavy atom. The lowest BCUT2D eigenvalue weighted by Gasteiger charge is -2.06. The van der Waals surface area contributed by atoms with Gasteiger partial charge in [0, 0.05) is 5.56 Å². The normalized spacial score (nSPS) is 9.29. The van der Waals surface area contributed by atoms with Gasteiger partial charge >= 0.3 is 0 Å². The van der Waals surface area contributed by atoms with Crippen LogP contribution in [0.5, 0.6) is 0 Å². The molecule has 1 aromatic carbocycles. The number of halogens is 1. The Kier molecular flexibility index (Phi) is 4.78. The monoisotopic (exact) mass is 293 g/mol. The first-order chi connectivity index (χ1) is 8.18. The summed E-state index contributed by atoms with van der Waals surface area (Å²) in [5.74, 6) is 0.301. The standard InChI is InChI=1S/C11H10BrN3.CH2O/c1-7-9(12)10(15-11(13)14-7)8-5-3-2-4-6-8;1-2/h2-6H,1H3,(H2,13,14,15);1H2. The van der Waals surface area contributed by atoms with Gasteiger partial charge < -0.3 is 10.5 Å². The zero-order valence-corrected chi connectivity index (χ0v) is 10.9. The molecule has 4 nitrogen and oxygen atoms in total. The predicted octanol–water partition coefficient (Wildman–Crippen LogP) is 2.61. The van der Waals surface area contributed by atoms with E-state index in [1.807, 2.05) is 44.0 Å². The van der Waals surface area contributed by atoms with Crippen molar-refractivity contribution in [2.24, 2.45) is 0 Å². The van der Waals surface area contributed by atoms with E-state index in [1.165, 1.54) is 0 Å². The van der Waals surface area contributed by atoms with Crippen molar-refractivity contribution in [2.45, 2.75) is 6.92 Å². The quantitative estimate of drug-likeness (QED) is 0.877. The highest BCUT2D eigenvalue weighted by Gasteiger charge is 2.09. The van der Waals surface area contributed by atoms with Crippen molar-refractivity contribution in [3.8, 4) is 11.3 Å². The number of nitrogens with two attached hydrogens (primary N) is 1. The van der Waals surface area contributed by atoms with E-state index in [2.05, 4.69) is 25.9 Å². The highest BCUT2D eigenvalue weighted by molar-refractivity contribution is 9.10. The number of aromatic nitrogens is 2. The maximum atomic E-state index is 8.00. The molecule has 0 bridgehead atoms. The second-order valence-corrected chi connectivity index (χ2v) is 3.99. The summed E-state index contributed by atoms with van der Waals surface area (Å²) in [6.07, 6.45) is 0. The first-order valence-corrected chi connectivity index (χ1v) is 5.61. The molecular weight excluding hydrogens is 282 g/mol. The molecule has 1 aromatic heterocycles. The molecule has 2 N–H and O–H groups in total. The highest BCUT2D eigenvalue weighted by Crippen LogP contribution is 2.28. The summed E-state index contributed by atoms with van der Waals surface area (Å²) in [6.45, 7) is 3.90. The third kappa shape index (κ3) is 3.10. The number of nitrogens with zero attached hydrogens (tertiary/aromatic N) is 2. The minimum atomic E-state index is 0.301. The molecule has 5 heteroatoms. The molecule has 0 saturated carbocycles. The average molecular weight is 294 g/mol. The summed E-state index contributed by atoms with van der Waals surface area (Å²) in [5, 5.41) is 0. The Hall–Kier alpha value is -1.75. The Labute approximate surface area is 108 Å². The van der Waals surface area contributed by atoms with Gasteiger partial charge in [0.05, 0.1) is 15.9 Å². The summed E-state index contributed by atoms with van der Waals surface area (Å²) in [5.41, 5.74) is 8.33. The van der Waals surface area contributed by atoms with Gasteiger partial charge in [-0.2, -0.15) is 0 Å². The molecule has 2 aromatic rings. The largest absolute Gasteiger partial charge is 0.368 e. The average Bonchev–Trinajstić information content (AvgIpc) is 2.37. The van der Waals surface area contributed by atoms with Crippen LogP contribution in [0.3, 0.4) is 0 Å². The maximum Gasteiger partial charge on any atom is 0.220 e. The number of nitrogen functional groups attached to an aromatic ring is 1. The fourth-order valence-electron chi connectivity index (χ4n) is 1.37. The van der Waals surface area contributed by atoms with Crippen LogP contribution >= 0.6 is 15.9 Å². The van der Waals surface area contributed by atoms with Crippen molar-refractivity contribution in [1.29, 1.82) is 0 Å². The van der Waals surface area contributed by atoms with Gasteiger partial charge in [-0.25, -0.2) is 9.97 Å². The SMILES string of the molecule is C=O.Cc1nc(N)nc(-c2ccccc2)c1Br. The lowest BCUT2D eigenvalue weighted by Crippen LogP contribution is -2.00. The van der Waals surface area contributed by atoms with Gasteiger partial charge in [0.25, 0.3) is 0 Å². The van der Waals surface area contributed by atoms with Gasteiger partial charge in [-0.15, -0.1) is 0 Å². The molecule has 0 radical (unpaired) electrons. The zero-order chi connectivity index (χ0) is 12.8. The van der Waals surface area contributed by atoms with Gasteiger partial charge in [-0.3, -0.25) is 0 Å². The number of anilines is 1. The molecule has 88 valence electrons. The van der Waals surface area contributed by atoms with E-state index in [-0.39, 0.29) is 0 Å². The predicted molar refractivity (Wildman–Crippen MR) is 71.4 cm³/mol. The lowest BCUT2D eigenvalue weighted by molar-refractivity contribution is -0.0979. The smallest absolute Gasteiger partial charge is 0.220 e. The van der Waals surface area contributed by atoms with Crippen LogP contribution in [-0.4, -0.2) is 16.8 Å². The molecule has 0 aliphatic heterocycles. The number of hydrogen-bond acceptors (Lipinski definition) is 4. The fourth-order valence-corrected chi connectivity index (χ4v) is 1.77. The topological polar surface area (TPSA) is 68.9 Å². The van der Waals surface area contributed by atoms with Crippen molar-refractivity contribution in [3.63, 3.8) is 0 Å². The number of carbonyl (C=O) groups is 1. The number of hydrogen-bond donors (Lipinski definition) is 1. The van der Waals surface area contributed by atoms with Crippen LogP contribution in [0.4, 0.5) is 5.95 Å². The van der Waals surface area contributed by atoms with Crippen molar-refractivity contribution in [1.82, 2.24) is 9.97 Å². The first kappa shape index (κ1) is 13.3. The van der Waals surface area contributed by atoms with E-state index < -0.39 is 0 Å². The summed E-state index contributed by atoms with van der Waals surface area (Å²) in [4.78, 5) is 16.3. The van der Waals surface area contributed by atoms with E-state index in [9.17, 15) is 0 Å². The second-order valence-electron chi connectivity index (χ2n) is 3.20. The molecule has 0 unspecified atom stereocenters. The number of aryl methyl sites for hydroxylation is 1. The minimum Gasteiger partial charge on any atom is -0.368 e. The number of carbonyl (C=O) groups excluding carboxylic acids is 1. The minimum absolute atomic E-state index is 0.301. The molecule has 0 aliphatic rings. The highest BCUT2D eigenvalue weighted by atomic mass is 79.9. The van der Waals surface area contributed by atoms with Gasteiger partial charge in [0.1, 0.15) is 6.79 Å². The Morgan fingerprint density at radius 1 is 1.18 bits per heavy atom. The number of benzene rings is 1. The van der Waals surface area contributed by atoms with Crippen LogP contribution in [0.15, 0.2) is 34.8 Å². The summed E-state index contributed by atoms with van der Waals surface area (Å²) in [6, 6.07) is 9.89. The van der Waals surface area contributed by atoms with Gasteiger partial charge in [-0.05, 0) is 22.9 Å². The zero-order valence-electron chi connectivity index (χ0n) is 9.35. The van der Waals surface area contributed by atoms with Gasteiger partial charge in [-0.1, -0.05) is 30.3 Å². The van der Waals surface area contributed by atoms with E-state index in [1.54, 1.807) is 0 Å². The van der Waals surface area contributed by atoms with Crippen molar-refractivity contribution < 1.29 is 4.79 Å². The van der Waals surface area contributed by atoms with Crippen molar-refractivity contribution >= 4 is 28.7 Å². The van der Waals surface area contributed by atoms with Gasteiger partial charge in [0.2, 0.25) is 5.95 Å². The van der Waals surface area contributed by atoms with Crippen LogP contribution in [0.1, 0.15) is 5.69 Å². The van der Waals surface area contributed by atoms with Crippen LogP contribution in [-0.2, 0) is 4.79 Å². The molecule has 0 saturated heterocycles. The molecule has 1 heterocycles. The third-order valence-corrected chi connectivity index (χ3v) is 3.03. The Balaban J connectivity index is 0.000000686. The second kappa shape index (κ2) is 6.10. The first-order valence-electron chi connectivity index (χ1n) is 4.82. The van der Waals surface area contributed by atoms with Crippen LogP contribution in [0, 0.1) is 6.92 Å². The number of rotatable bonds is 1.